The predicted octanol–water partition coefficient (Wildman–Crippen LogP) is 2.03. The summed E-state index contributed by atoms with van der Waals surface area (Å²) in [6.07, 6.45) is 3.12. The van der Waals surface area contributed by atoms with Crippen LogP contribution in [0.15, 0.2) is 25.9 Å². The number of hydrogen-bond acceptors (Lipinski definition) is 2. The molecule has 1 rings (SSSR count). The van der Waals surface area contributed by atoms with Gasteiger partial charge in [0, 0.05) is 35.6 Å². The van der Waals surface area contributed by atoms with Gasteiger partial charge in [-0.05, 0) is 36.7 Å². The molecule has 94 valence electrons. The molecule has 0 N–H and O–H groups in total. The van der Waals surface area contributed by atoms with Gasteiger partial charge in [-0.25, -0.2) is 4.21 Å². The highest BCUT2D eigenvalue weighted by Gasteiger charge is 2.18. The van der Waals surface area contributed by atoms with Gasteiger partial charge in [0.1, 0.15) is 11.0 Å². The van der Waals surface area contributed by atoms with E-state index in [1.165, 1.54) is 16.8 Å². The van der Waals surface area contributed by atoms with Gasteiger partial charge in [0.05, 0.1) is 4.75 Å². The molecular weight excluding hydrogens is 304 g/mol. The molecule has 0 saturated heterocycles. The van der Waals surface area contributed by atoms with Crippen molar-refractivity contribution in [2.75, 3.05) is 0 Å². The minimum absolute atomic E-state index is 0.129. The maximum Gasteiger partial charge on any atom is 0.250 e. The largest absolute Gasteiger partial charge is 0.317 e. The minimum atomic E-state index is -1.32. The average molecular weight is 319 g/mol. The van der Waals surface area contributed by atoms with Crippen LogP contribution < -0.4 is 5.56 Å². The molecule has 0 aliphatic rings. The van der Waals surface area contributed by atoms with Crippen molar-refractivity contribution in [3.63, 3.8) is 0 Å². The molecule has 1 atom stereocenters. The Hall–Kier alpha value is -0.750. The van der Waals surface area contributed by atoms with Crippen LogP contribution in [-0.2, 0) is 18.0 Å². The van der Waals surface area contributed by atoms with E-state index in [0.717, 1.165) is 4.47 Å². The van der Waals surface area contributed by atoms with Crippen molar-refractivity contribution in [1.29, 1.82) is 0 Å². The second-order valence-electron chi connectivity index (χ2n) is 4.62. The van der Waals surface area contributed by atoms with Gasteiger partial charge in [0.25, 0.3) is 5.56 Å². The highest BCUT2D eigenvalue weighted by atomic mass is 79.9. The zero-order chi connectivity index (χ0) is 13.2. The zero-order valence-corrected chi connectivity index (χ0v) is 12.6. The van der Waals surface area contributed by atoms with Crippen LogP contribution in [0.3, 0.4) is 0 Å². The maximum absolute atomic E-state index is 11.7. The SMILES string of the molecule is Cn1cc(Br)c(C=NS(=O)C(C)(C)C)cc1=O. The Morgan fingerprint density at radius 3 is 2.59 bits per heavy atom. The molecule has 0 spiro atoms. The number of aryl methyl sites for hydroxylation is 1. The number of aromatic nitrogens is 1. The third-order valence-electron chi connectivity index (χ3n) is 2.02. The summed E-state index contributed by atoms with van der Waals surface area (Å²) < 4.78 is 17.5. The van der Waals surface area contributed by atoms with E-state index in [2.05, 4.69) is 20.3 Å². The van der Waals surface area contributed by atoms with Crippen LogP contribution in [0.4, 0.5) is 0 Å². The van der Waals surface area contributed by atoms with Gasteiger partial charge >= 0.3 is 0 Å². The topological polar surface area (TPSA) is 51.4 Å². The lowest BCUT2D eigenvalue weighted by Crippen LogP contribution is -2.20. The molecule has 0 radical (unpaired) electrons. The van der Waals surface area contributed by atoms with Crippen LogP contribution in [0.1, 0.15) is 26.3 Å². The van der Waals surface area contributed by atoms with E-state index < -0.39 is 15.7 Å². The molecule has 1 aromatic heterocycles. The second kappa shape index (κ2) is 5.27. The molecule has 0 bridgehead atoms. The Morgan fingerprint density at radius 2 is 2.06 bits per heavy atom. The fourth-order valence-electron chi connectivity index (χ4n) is 0.974. The maximum atomic E-state index is 11.7. The van der Waals surface area contributed by atoms with Gasteiger partial charge in [0.2, 0.25) is 0 Å². The molecule has 1 aromatic rings. The number of hydrogen-bond donors (Lipinski definition) is 0. The van der Waals surface area contributed by atoms with Crippen LogP contribution in [0.25, 0.3) is 0 Å². The molecule has 4 nitrogen and oxygen atoms in total. The number of halogens is 1. The van der Waals surface area contributed by atoms with Gasteiger partial charge in [-0.1, -0.05) is 0 Å². The normalized spacial score (nSPS) is 14.2. The summed E-state index contributed by atoms with van der Waals surface area (Å²) in [4.78, 5) is 11.4. The van der Waals surface area contributed by atoms with Crippen LogP contribution in [0.2, 0.25) is 0 Å². The lowest BCUT2D eigenvalue weighted by Gasteiger charge is -2.12. The molecule has 0 aliphatic carbocycles. The fraction of sp³-hybridized carbons (Fsp3) is 0.455. The minimum Gasteiger partial charge on any atom is -0.317 e. The van der Waals surface area contributed by atoms with E-state index in [1.54, 1.807) is 13.2 Å². The third-order valence-corrected chi connectivity index (χ3v) is 4.03. The van der Waals surface area contributed by atoms with Gasteiger partial charge in [0.15, 0.2) is 0 Å². The first-order valence-corrected chi connectivity index (χ1v) is 6.94. The average Bonchev–Trinajstić information content (AvgIpc) is 2.19. The first-order valence-electron chi connectivity index (χ1n) is 5.04. The van der Waals surface area contributed by atoms with Crippen molar-refractivity contribution in [2.45, 2.75) is 25.5 Å². The molecule has 17 heavy (non-hydrogen) atoms. The van der Waals surface area contributed by atoms with Gasteiger partial charge < -0.3 is 4.57 Å². The second-order valence-corrected chi connectivity index (χ2v) is 7.41. The lowest BCUT2D eigenvalue weighted by molar-refractivity contribution is 0.651. The smallest absolute Gasteiger partial charge is 0.250 e. The number of nitrogens with zero attached hydrogens (tertiary/aromatic N) is 2. The Bertz CT molecular complexity index is 529. The van der Waals surface area contributed by atoms with E-state index in [-0.39, 0.29) is 5.56 Å². The summed E-state index contributed by atoms with van der Waals surface area (Å²) in [6.45, 7) is 5.54. The van der Waals surface area contributed by atoms with Crippen LogP contribution in [0.5, 0.6) is 0 Å². The highest BCUT2D eigenvalue weighted by molar-refractivity contribution is 9.10. The number of rotatable bonds is 2. The first kappa shape index (κ1) is 14.3. The summed E-state index contributed by atoms with van der Waals surface area (Å²) >= 11 is 3.33. The Labute approximate surface area is 111 Å². The molecule has 1 heterocycles. The van der Waals surface area contributed by atoms with E-state index in [4.69, 9.17) is 0 Å². The first-order chi connectivity index (χ1) is 7.71. The zero-order valence-electron chi connectivity index (χ0n) is 10.2. The number of pyridine rings is 1. The molecule has 0 fully saturated rings. The van der Waals surface area contributed by atoms with Crippen LogP contribution in [-0.4, -0.2) is 19.7 Å². The van der Waals surface area contributed by atoms with E-state index in [0.29, 0.717) is 5.56 Å². The summed E-state index contributed by atoms with van der Waals surface area (Å²) in [7, 11) is 0.350. The standard InChI is InChI=1S/C11H15BrN2O2S/c1-11(2,3)17(16)13-6-8-5-10(15)14(4)7-9(8)12/h5-7H,1-4H3. The van der Waals surface area contributed by atoms with Crippen molar-refractivity contribution < 1.29 is 4.21 Å². The van der Waals surface area contributed by atoms with E-state index in [1.807, 2.05) is 20.8 Å². The summed E-state index contributed by atoms with van der Waals surface area (Å²) in [6, 6.07) is 1.45. The summed E-state index contributed by atoms with van der Waals surface area (Å²) in [5.41, 5.74) is 0.502. The molecule has 6 heteroatoms. The highest BCUT2D eigenvalue weighted by Crippen LogP contribution is 2.14. The van der Waals surface area contributed by atoms with Crippen molar-refractivity contribution in [3.05, 3.63) is 32.7 Å². The predicted molar refractivity (Wildman–Crippen MR) is 74.9 cm³/mol. The Kier molecular flexibility index (Phi) is 4.43. The van der Waals surface area contributed by atoms with E-state index >= 15 is 0 Å². The van der Waals surface area contributed by atoms with Gasteiger partial charge in [-0.3, -0.25) is 4.79 Å². The van der Waals surface area contributed by atoms with Gasteiger partial charge in [-0.15, -0.1) is 0 Å². The Balaban J connectivity index is 3.05. The fourth-order valence-corrected chi connectivity index (χ4v) is 2.02. The quantitative estimate of drug-likeness (QED) is 0.783. The molecule has 0 saturated carbocycles. The van der Waals surface area contributed by atoms with Crippen LogP contribution >= 0.6 is 15.9 Å². The summed E-state index contributed by atoms with van der Waals surface area (Å²) in [5, 5.41) is 0. The molecule has 0 amide bonds. The molecule has 1 unspecified atom stereocenters. The lowest BCUT2D eigenvalue weighted by atomic mass is 10.3. The van der Waals surface area contributed by atoms with Crippen molar-refractivity contribution >= 4 is 33.1 Å². The molecule has 0 aromatic carbocycles. The third kappa shape index (κ3) is 3.89. The van der Waals surface area contributed by atoms with Crippen molar-refractivity contribution in [3.8, 4) is 0 Å². The van der Waals surface area contributed by atoms with Gasteiger partial charge in [-0.2, -0.15) is 4.40 Å². The Morgan fingerprint density at radius 1 is 1.47 bits per heavy atom. The van der Waals surface area contributed by atoms with Crippen molar-refractivity contribution in [1.82, 2.24) is 4.57 Å². The van der Waals surface area contributed by atoms with E-state index in [9.17, 15) is 9.00 Å². The summed E-state index contributed by atoms with van der Waals surface area (Å²) in [5.74, 6) is 0. The van der Waals surface area contributed by atoms with Crippen LogP contribution in [0, 0.1) is 0 Å². The molecular formula is C11H15BrN2O2S. The van der Waals surface area contributed by atoms with Crippen molar-refractivity contribution in [2.24, 2.45) is 11.4 Å². The monoisotopic (exact) mass is 318 g/mol. The molecule has 0 aliphatic heterocycles.